The van der Waals surface area contributed by atoms with Crippen molar-refractivity contribution in [2.75, 3.05) is 13.7 Å². The molecule has 6 nitrogen and oxygen atoms in total. The smallest absolute Gasteiger partial charge is 0.312 e. The number of carbonyl (C=O) groups is 2. The van der Waals surface area contributed by atoms with Gasteiger partial charge in [0.15, 0.2) is 0 Å². The first-order chi connectivity index (χ1) is 10.1. The fourth-order valence-electron chi connectivity index (χ4n) is 3.71. The third kappa shape index (κ3) is 1.62. The summed E-state index contributed by atoms with van der Waals surface area (Å²) in [5.74, 6) is -0.782. The van der Waals surface area contributed by atoms with Crippen LogP contribution in [0.25, 0.3) is 0 Å². The Labute approximate surface area is 121 Å². The molecule has 4 atom stereocenters. The first kappa shape index (κ1) is 12.6. The number of hydrogen-bond acceptors (Lipinski definition) is 5. The van der Waals surface area contributed by atoms with E-state index in [4.69, 9.17) is 13.9 Å². The van der Waals surface area contributed by atoms with E-state index in [1.165, 1.54) is 7.11 Å². The van der Waals surface area contributed by atoms with E-state index in [0.717, 1.165) is 0 Å². The van der Waals surface area contributed by atoms with Crippen molar-refractivity contribution in [3.63, 3.8) is 0 Å². The summed E-state index contributed by atoms with van der Waals surface area (Å²) in [5, 5.41) is 0. The Bertz CT molecular complexity index is 622. The maximum atomic E-state index is 12.7. The number of fused-ring (bicyclic) bond motifs is 1. The average Bonchev–Trinajstić information content (AvgIpc) is 3.22. The molecule has 2 fully saturated rings. The minimum atomic E-state index is -0.687. The highest BCUT2D eigenvalue weighted by Gasteiger charge is 2.67. The Kier molecular flexibility index (Phi) is 2.53. The molecule has 1 spiro atoms. The van der Waals surface area contributed by atoms with Crippen LogP contribution in [0.1, 0.15) is 5.76 Å². The molecule has 0 aliphatic carbocycles. The van der Waals surface area contributed by atoms with Gasteiger partial charge in [0.05, 0.1) is 38.5 Å². The van der Waals surface area contributed by atoms with E-state index in [0.29, 0.717) is 18.8 Å². The molecular weight excluding hydrogens is 274 g/mol. The highest BCUT2D eigenvalue weighted by molar-refractivity contribution is 5.91. The van der Waals surface area contributed by atoms with Crippen molar-refractivity contribution >= 4 is 11.9 Å². The molecular formula is C15H15NO5. The number of ether oxygens (including phenoxy) is 2. The molecule has 6 heteroatoms. The van der Waals surface area contributed by atoms with E-state index >= 15 is 0 Å². The molecule has 110 valence electrons. The number of hydrogen-bond donors (Lipinski definition) is 0. The zero-order chi connectivity index (χ0) is 14.6. The van der Waals surface area contributed by atoms with Crippen LogP contribution in [0.4, 0.5) is 0 Å². The maximum absolute atomic E-state index is 12.7. The lowest BCUT2D eigenvalue weighted by atomic mass is 9.77. The number of furan rings is 1. The van der Waals surface area contributed by atoms with Gasteiger partial charge in [0.1, 0.15) is 17.3 Å². The van der Waals surface area contributed by atoms with E-state index in [1.807, 2.05) is 18.2 Å². The largest absolute Gasteiger partial charge is 0.469 e. The second-order valence-corrected chi connectivity index (χ2v) is 5.70. The second-order valence-electron chi connectivity index (χ2n) is 5.70. The summed E-state index contributed by atoms with van der Waals surface area (Å²) in [4.78, 5) is 26.4. The van der Waals surface area contributed by atoms with Gasteiger partial charge in [-0.1, -0.05) is 12.2 Å². The third-order valence-electron chi connectivity index (χ3n) is 4.58. The molecule has 4 rings (SSSR count). The van der Waals surface area contributed by atoms with Crippen molar-refractivity contribution in [1.82, 2.24) is 4.90 Å². The van der Waals surface area contributed by atoms with E-state index in [1.54, 1.807) is 17.2 Å². The molecule has 0 saturated carbocycles. The van der Waals surface area contributed by atoms with Crippen molar-refractivity contribution in [1.29, 1.82) is 0 Å². The van der Waals surface area contributed by atoms with Crippen molar-refractivity contribution < 1.29 is 23.5 Å². The summed E-state index contributed by atoms with van der Waals surface area (Å²) < 4.78 is 16.1. The molecule has 1 amide bonds. The van der Waals surface area contributed by atoms with E-state index in [2.05, 4.69) is 0 Å². The average molecular weight is 289 g/mol. The third-order valence-corrected chi connectivity index (χ3v) is 4.58. The lowest BCUT2D eigenvalue weighted by Crippen LogP contribution is -2.39. The normalized spacial score (nSPS) is 36.3. The Morgan fingerprint density at radius 1 is 1.57 bits per heavy atom. The van der Waals surface area contributed by atoms with Crippen LogP contribution < -0.4 is 0 Å². The standard InChI is InChI=1S/C15H15NO5/c1-19-14(18)11-10-4-5-15(21-10)8-16(13(17)12(11)15)7-9-3-2-6-20-9/h2-6,10-12H,7-8H2,1H3/t10-,11-,12-,15+/m0/s1. The Balaban J connectivity index is 1.64. The Morgan fingerprint density at radius 3 is 3.14 bits per heavy atom. The van der Waals surface area contributed by atoms with Crippen molar-refractivity contribution in [3.8, 4) is 0 Å². The zero-order valence-electron chi connectivity index (χ0n) is 11.5. The zero-order valence-corrected chi connectivity index (χ0v) is 11.5. The van der Waals surface area contributed by atoms with Crippen LogP contribution in [0, 0.1) is 11.8 Å². The minimum absolute atomic E-state index is 0.0753. The van der Waals surface area contributed by atoms with Gasteiger partial charge in [0.2, 0.25) is 5.91 Å². The van der Waals surface area contributed by atoms with Gasteiger partial charge in [0, 0.05) is 0 Å². The molecule has 0 unspecified atom stereocenters. The van der Waals surface area contributed by atoms with Crippen LogP contribution in [0.2, 0.25) is 0 Å². The van der Waals surface area contributed by atoms with Crippen LogP contribution in [-0.2, 0) is 25.6 Å². The van der Waals surface area contributed by atoms with Crippen molar-refractivity contribution in [3.05, 3.63) is 36.3 Å². The first-order valence-corrected chi connectivity index (χ1v) is 6.91. The van der Waals surface area contributed by atoms with Gasteiger partial charge in [-0.05, 0) is 12.1 Å². The molecule has 2 bridgehead atoms. The molecule has 21 heavy (non-hydrogen) atoms. The molecule has 3 aliphatic rings. The number of rotatable bonds is 3. The molecule has 1 aromatic rings. The Hall–Kier alpha value is -2.08. The number of esters is 1. The van der Waals surface area contributed by atoms with E-state index < -0.39 is 17.4 Å². The van der Waals surface area contributed by atoms with Gasteiger partial charge in [-0.2, -0.15) is 0 Å². The van der Waals surface area contributed by atoms with Crippen LogP contribution in [-0.4, -0.2) is 42.1 Å². The summed E-state index contributed by atoms with van der Waals surface area (Å²) in [6.45, 7) is 0.831. The molecule has 0 N–H and O–H groups in total. The summed E-state index contributed by atoms with van der Waals surface area (Å²) in [5.41, 5.74) is -0.687. The van der Waals surface area contributed by atoms with Gasteiger partial charge in [0.25, 0.3) is 0 Å². The van der Waals surface area contributed by atoms with Crippen molar-refractivity contribution in [2.24, 2.45) is 11.8 Å². The van der Waals surface area contributed by atoms with Crippen molar-refractivity contribution in [2.45, 2.75) is 18.2 Å². The minimum Gasteiger partial charge on any atom is -0.469 e. The SMILES string of the molecule is COC(=O)[C@H]1[C@@H]2C=C[C@]3(CN(Cc4ccco4)C(=O)[C@H]13)O2. The van der Waals surface area contributed by atoms with Crippen LogP contribution >= 0.6 is 0 Å². The molecule has 0 aromatic carbocycles. The van der Waals surface area contributed by atoms with Crippen LogP contribution in [0.15, 0.2) is 35.0 Å². The molecule has 3 aliphatic heterocycles. The second kappa shape index (κ2) is 4.21. The maximum Gasteiger partial charge on any atom is 0.312 e. The first-order valence-electron chi connectivity index (χ1n) is 6.91. The topological polar surface area (TPSA) is 69.0 Å². The summed E-state index contributed by atoms with van der Waals surface area (Å²) in [6, 6.07) is 3.61. The summed E-state index contributed by atoms with van der Waals surface area (Å²) in [6.07, 6.45) is 5.01. The van der Waals surface area contributed by atoms with E-state index in [9.17, 15) is 9.59 Å². The number of likely N-dealkylation sites (tertiary alicyclic amines) is 1. The van der Waals surface area contributed by atoms with Gasteiger partial charge in [-0.3, -0.25) is 9.59 Å². The fraction of sp³-hybridized carbons (Fsp3) is 0.467. The molecule has 4 heterocycles. The van der Waals surface area contributed by atoms with E-state index in [-0.39, 0.29) is 18.0 Å². The summed E-state index contributed by atoms with van der Waals surface area (Å²) >= 11 is 0. The fourth-order valence-corrected chi connectivity index (χ4v) is 3.71. The van der Waals surface area contributed by atoms with Crippen LogP contribution in [0.3, 0.4) is 0 Å². The lowest BCUT2D eigenvalue weighted by molar-refractivity contribution is -0.151. The molecule has 1 aromatic heterocycles. The number of carbonyl (C=O) groups excluding carboxylic acids is 2. The lowest BCUT2D eigenvalue weighted by Gasteiger charge is -2.22. The number of amides is 1. The van der Waals surface area contributed by atoms with Crippen LogP contribution in [0.5, 0.6) is 0 Å². The highest BCUT2D eigenvalue weighted by Crippen LogP contribution is 2.52. The monoisotopic (exact) mass is 289 g/mol. The number of nitrogens with zero attached hydrogens (tertiary/aromatic N) is 1. The quantitative estimate of drug-likeness (QED) is 0.606. The van der Waals surface area contributed by atoms with Gasteiger partial charge in [-0.25, -0.2) is 0 Å². The highest BCUT2D eigenvalue weighted by atomic mass is 16.5. The predicted molar refractivity (Wildman–Crippen MR) is 69.9 cm³/mol. The molecule has 0 radical (unpaired) electrons. The number of methoxy groups -OCH3 is 1. The summed E-state index contributed by atoms with van der Waals surface area (Å²) in [7, 11) is 1.34. The van der Waals surface area contributed by atoms with Gasteiger partial charge < -0.3 is 18.8 Å². The Morgan fingerprint density at radius 2 is 2.43 bits per heavy atom. The van der Waals surface area contributed by atoms with Gasteiger partial charge >= 0.3 is 5.97 Å². The molecule has 2 saturated heterocycles. The predicted octanol–water partition coefficient (Wildman–Crippen LogP) is 0.735. The van der Waals surface area contributed by atoms with Gasteiger partial charge in [-0.15, -0.1) is 0 Å².